The van der Waals surface area contributed by atoms with Gasteiger partial charge < -0.3 is 10.4 Å². The lowest BCUT2D eigenvalue weighted by Crippen LogP contribution is -2.29. The van der Waals surface area contributed by atoms with Crippen LogP contribution < -0.4 is 5.32 Å². The van der Waals surface area contributed by atoms with Crippen molar-refractivity contribution in [2.75, 3.05) is 6.61 Å². The third kappa shape index (κ3) is 4.06. The second-order valence-corrected chi connectivity index (χ2v) is 7.30. The van der Waals surface area contributed by atoms with Gasteiger partial charge >= 0.3 is 0 Å². The second-order valence-electron chi connectivity index (χ2n) is 7.30. The SMILES string of the molecule is Cc1ccc([C@H](NC(=O)c2cc3ncc(CCO)cn3n2)c2cccnc2)cc1C. The highest BCUT2D eigenvalue weighted by Gasteiger charge is 2.20. The van der Waals surface area contributed by atoms with Crippen LogP contribution in [0.1, 0.15) is 44.3 Å². The topological polar surface area (TPSA) is 92.4 Å². The Morgan fingerprint density at radius 1 is 1.13 bits per heavy atom. The minimum absolute atomic E-state index is 0.0323. The van der Waals surface area contributed by atoms with Crippen molar-refractivity contribution in [1.82, 2.24) is 24.9 Å². The monoisotopic (exact) mass is 401 g/mol. The van der Waals surface area contributed by atoms with Gasteiger partial charge in [0, 0.05) is 37.5 Å². The van der Waals surface area contributed by atoms with E-state index in [9.17, 15) is 4.79 Å². The lowest BCUT2D eigenvalue weighted by atomic mass is 9.96. The summed E-state index contributed by atoms with van der Waals surface area (Å²) < 4.78 is 1.56. The molecule has 0 spiro atoms. The second kappa shape index (κ2) is 8.42. The van der Waals surface area contributed by atoms with Crippen LogP contribution in [0.4, 0.5) is 0 Å². The molecule has 0 saturated carbocycles. The number of aliphatic hydroxyl groups is 1. The summed E-state index contributed by atoms with van der Waals surface area (Å²) >= 11 is 0. The Kier molecular flexibility index (Phi) is 5.54. The van der Waals surface area contributed by atoms with E-state index in [1.54, 1.807) is 35.4 Å². The molecule has 7 heteroatoms. The average Bonchev–Trinajstić information content (AvgIpc) is 3.18. The van der Waals surface area contributed by atoms with Crippen LogP contribution in [0.15, 0.2) is 61.2 Å². The average molecular weight is 401 g/mol. The number of hydrogen-bond donors (Lipinski definition) is 2. The van der Waals surface area contributed by atoms with Crippen LogP contribution in [-0.2, 0) is 6.42 Å². The molecule has 1 atom stereocenters. The molecule has 0 saturated heterocycles. The zero-order valence-electron chi connectivity index (χ0n) is 16.9. The molecule has 30 heavy (non-hydrogen) atoms. The number of benzene rings is 1. The van der Waals surface area contributed by atoms with Gasteiger partial charge in [-0.2, -0.15) is 5.10 Å². The van der Waals surface area contributed by atoms with E-state index in [1.807, 2.05) is 18.2 Å². The number of carbonyl (C=O) groups is 1. The lowest BCUT2D eigenvalue weighted by molar-refractivity contribution is 0.0937. The van der Waals surface area contributed by atoms with Gasteiger partial charge in [0.1, 0.15) is 0 Å². The van der Waals surface area contributed by atoms with Crippen LogP contribution in [0.5, 0.6) is 0 Å². The normalized spacial score (nSPS) is 12.1. The van der Waals surface area contributed by atoms with Crippen molar-refractivity contribution in [1.29, 1.82) is 0 Å². The molecular weight excluding hydrogens is 378 g/mol. The summed E-state index contributed by atoms with van der Waals surface area (Å²) in [5.41, 5.74) is 5.92. The van der Waals surface area contributed by atoms with Crippen molar-refractivity contribution < 1.29 is 9.90 Å². The fraction of sp³-hybridized carbons (Fsp3) is 0.217. The summed E-state index contributed by atoms with van der Waals surface area (Å²) in [4.78, 5) is 21.6. The number of hydrogen-bond acceptors (Lipinski definition) is 5. The van der Waals surface area contributed by atoms with Crippen LogP contribution in [0.25, 0.3) is 5.65 Å². The summed E-state index contributed by atoms with van der Waals surface area (Å²) in [6.07, 6.45) is 7.41. The number of fused-ring (bicyclic) bond motifs is 1. The number of amides is 1. The first-order valence-electron chi connectivity index (χ1n) is 9.78. The molecule has 7 nitrogen and oxygen atoms in total. The van der Waals surface area contributed by atoms with Crippen LogP contribution in [-0.4, -0.2) is 37.2 Å². The van der Waals surface area contributed by atoms with Crippen molar-refractivity contribution >= 4 is 11.6 Å². The van der Waals surface area contributed by atoms with E-state index in [-0.39, 0.29) is 24.2 Å². The fourth-order valence-electron chi connectivity index (χ4n) is 3.34. The van der Waals surface area contributed by atoms with Gasteiger partial charge in [-0.1, -0.05) is 24.3 Å². The van der Waals surface area contributed by atoms with Gasteiger partial charge in [0.25, 0.3) is 5.91 Å². The Bertz CT molecular complexity index is 1190. The quantitative estimate of drug-likeness (QED) is 0.518. The fourth-order valence-corrected chi connectivity index (χ4v) is 3.34. The number of nitrogens with one attached hydrogen (secondary N) is 1. The van der Waals surface area contributed by atoms with E-state index >= 15 is 0 Å². The molecule has 0 aliphatic rings. The van der Waals surface area contributed by atoms with Crippen molar-refractivity contribution in [3.63, 3.8) is 0 Å². The molecule has 1 amide bonds. The smallest absolute Gasteiger partial charge is 0.272 e. The lowest BCUT2D eigenvalue weighted by Gasteiger charge is -2.20. The van der Waals surface area contributed by atoms with Gasteiger partial charge in [0.05, 0.1) is 6.04 Å². The number of aryl methyl sites for hydroxylation is 2. The number of nitrogens with zero attached hydrogens (tertiary/aromatic N) is 4. The number of aliphatic hydroxyl groups excluding tert-OH is 1. The van der Waals surface area contributed by atoms with E-state index < -0.39 is 0 Å². The summed E-state index contributed by atoms with van der Waals surface area (Å²) in [6.45, 7) is 4.15. The standard InChI is InChI=1S/C23H23N5O2/c1-15-5-6-18(10-16(15)2)22(19-4-3-8-24-13-19)26-23(30)20-11-21-25-12-17(7-9-29)14-28(21)27-20/h3-6,8,10-14,22,29H,7,9H2,1-2H3,(H,26,30)/t22-/m0/s1. The van der Waals surface area contributed by atoms with Crippen molar-refractivity contribution in [2.45, 2.75) is 26.3 Å². The Morgan fingerprint density at radius 2 is 2.00 bits per heavy atom. The Balaban J connectivity index is 1.66. The van der Waals surface area contributed by atoms with Crippen molar-refractivity contribution in [3.8, 4) is 0 Å². The van der Waals surface area contributed by atoms with E-state index in [2.05, 4.69) is 46.4 Å². The van der Waals surface area contributed by atoms with Gasteiger partial charge in [0.2, 0.25) is 0 Å². The third-order valence-electron chi connectivity index (χ3n) is 5.16. The number of rotatable bonds is 6. The summed E-state index contributed by atoms with van der Waals surface area (Å²) in [7, 11) is 0. The molecule has 3 aromatic heterocycles. The largest absolute Gasteiger partial charge is 0.396 e. The molecule has 3 heterocycles. The Hall–Kier alpha value is -3.58. The predicted octanol–water partition coefficient (Wildman–Crippen LogP) is 2.80. The molecule has 0 radical (unpaired) electrons. The molecule has 0 bridgehead atoms. The van der Waals surface area contributed by atoms with E-state index in [0.29, 0.717) is 12.1 Å². The molecule has 0 unspecified atom stereocenters. The maximum Gasteiger partial charge on any atom is 0.272 e. The van der Waals surface area contributed by atoms with Crippen LogP contribution in [0, 0.1) is 13.8 Å². The zero-order chi connectivity index (χ0) is 21.1. The number of aromatic nitrogens is 4. The molecule has 0 aliphatic heterocycles. The summed E-state index contributed by atoms with van der Waals surface area (Å²) in [6, 6.07) is 11.3. The van der Waals surface area contributed by atoms with Gasteiger partial charge in [-0.15, -0.1) is 0 Å². The minimum Gasteiger partial charge on any atom is -0.396 e. The van der Waals surface area contributed by atoms with Gasteiger partial charge in [-0.25, -0.2) is 9.50 Å². The highest BCUT2D eigenvalue weighted by molar-refractivity contribution is 5.93. The van der Waals surface area contributed by atoms with Crippen molar-refractivity contribution in [3.05, 3.63) is 94.7 Å². The first kappa shape index (κ1) is 19.7. The number of pyridine rings is 1. The van der Waals surface area contributed by atoms with E-state index in [4.69, 9.17) is 5.11 Å². The van der Waals surface area contributed by atoms with Crippen molar-refractivity contribution in [2.24, 2.45) is 0 Å². The molecule has 0 fully saturated rings. The third-order valence-corrected chi connectivity index (χ3v) is 5.16. The first-order valence-corrected chi connectivity index (χ1v) is 9.78. The maximum absolute atomic E-state index is 13.1. The highest BCUT2D eigenvalue weighted by Crippen LogP contribution is 2.24. The first-order chi connectivity index (χ1) is 14.5. The maximum atomic E-state index is 13.1. The molecule has 152 valence electrons. The molecule has 4 aromatic rings. The number of carbonyl (C=O) groups excluding carboxylic acids is 1. The molecular formula is C23H23N5O2. The molecule has 2 N–H and O–H groups in total. The van der Waals surface area contributed by atoms with Crippen LogP contribution in [0.3, 0.4) is 0 Å². The van der Waals surface area contributed by atoms with E-state index in [1.165, 1.54) is 5.56 Å². The highest BCUT2D eigenvalue weighted by atomic mass is 16.3. The summed E-state index contributed by atoms with van der Waals surface area (Å²) in [5.74, 6) is -0.295. The molecule has 1 aromatic carbocycles. The molecule has 4 rings (SSSR count). The molecule has 0 aliphatic carbocycles. The van der Waals surface area contributed by atoms with Crippen LogP contribution >= 0.6 is 0 Å². The van der Waals surface area contributed by atoms with Gasteiger partial charge in [-0.3, -0.25) is 9.78 Å². The summed E-state index contributed by atoms with van der Waals surface area (Å²) in [5, 5.41) is 16.6. The minimum atomic E-state index is -0.353. The predicted molar refractivity (Wildman–Crippen MR) is 113 cm³/mol. The van der Waals surface area contributed by atoms with Gasteiger partial charge in [0.15, 0.2) is 11.3 Å². The van der Waals surface area contributed by atoms with E-state index in [0.717, 1.165) is 22.3 Å². The van der Waals surface area contributed by atoms with Crippen LogP contribution in [0.2, 0.25) is 0 Å². The Labute approximate surface area is 174 Å². The Morgan fingerprint density at radius 3 is 2.73 bits per heavy atom. The van der Waals surface area contributed by atoms with Gasteiger partial charge in [-0.05, 0) is 54.2 Å². The zero-order valence-corrected chi connectivity index (χ0v) is 16.9.